The highest BCUT2D eigenvalue weighted by Crippen LogP contribution is 2.28. The number of nitrogens with zero attached hydrogens (tertiary/aromatic N) is 1. The Hall–Kier alpha value is -1.29. The average Bonchev–Trinajstić information content (AvgIpc) is 2.65. The number of halogens is 1. The molecule has 0 saturated heterocycles. The zero-order valence-electron chi connectivity index (χ0n) is 9.11. The van der Waals surface area contributed by atoms with Crippen LogP contribution in [0.15, 0.2) is 34.9 Å². The fourth-order valence-corrected chi connectivity index (χ4v) is 2.32. The third kappa shape index (κ3) is 1.73. The maximum absolute atomic E-state index is 11.5. The lowest BCUT2D eigenvalue weighted by Crippen LogP contribution is -2.16. The Morgan fingerprint density at radius 1 is 1.44 bits per heavy atom. The van der Waals surface area contributed by atoms with E-state index in [-0.39, 0.29) is 12.0 Å². The van der Waals surface area contributed by atoms with Gasteiger partial charge in [0.2, 0.25) is 0 Å². The number of ether oxygens (including phenoxy) is 1. The van der Waals surface area contributed by atoms with Crippen molar-refractivity contribution in [2.24, 2.45) is 0 Å². The van der Waals surface area contributed by atoms with Gasteiger partial charge in [-0.25, -0.2) is 4.79 Å². The molecule has 2 rings (SSSR count). The zero-order chi connectivity index (χ0) is 11.7. The van der Waals surface area contributed by atoms with Crippen LogP contribution in [0.25, 0.3) is 10.9 Å². The van der Waals surface area contributed by atoms with Crippen LogP contribution < -0.4 is 0 Å². The van der Waals surface area contributed by atoms with Gasteiger partial charge in [-0.2, -0.15) is 0 Å². The first kappa shape index (κ1) is 11.2. The SMILES string of the molecule is COC(=O)C(C)n1cc(Br)c2ccccc21. The van der Waals surface area contributed by atoms with E-state index in [2.05, 4.69) is 15.9 Å². The number of para-hydroxylation sites is 1. The van der Waals surface area contributed by atoms with Crippen LogP contribution in [0.5, 0.6) is 0 Å². The van der Waals surface area contributed by atoms with Gasteiger partial charge in [-0.15, -0.1) is 0 Å². The molecule has 0 N–H and O–H groups in total. The summed E-state index contributed by atoms with van der Waals surface area (Å²) in [6, 6.07) is 7.61. The predicted octanol–water partition coefficient (Wildman–Crippen LogP) is 3.14. The normalized spacial score (nSPS) is 12.7. The molecular weight excluding hydrogens is 270 g/mol. The second-order valence-corrected chi connectivity index (χ2v) is 4.45. The van der Waals surface area contributed by atoms with Crippen LogP contribution in [0.3, 0.4) is 0 Å². The van der Waals surface area contributed by atoms with Crippen LogP contribution in [0, 0.1) is 0 Å². The summed E-state index contributed by atoms with van der Waals surface area (Å²) in [5, 5.41) is 1.10. The largest absolute Gasteiger partial charge is 0.467 e. The Kier molecular flexibility index (Phi) is 3.01. The summed E-state index contributed by atoms with van der Waals surface area (Å²) in [6.07, 6.45) is 1.91. The topological polar surface area (TPSA) is 31.2 Å². The molecule has 0 aliphatic carbocycles. The molecule has 84 valence electrons. The van der Waals surface area contributed by atoms with Crippen molar-refractivity contribution >= 4 is 32.8 Å². The van der Waals surface area contributed by atoms with Crippen molar-refractivity contribution < 1.29 is 9.53 Å². The third-order valence-electron chi connectivity index (χ3n) is 2.65. The molecule has 0 aliphatic heterocycles. The fraction of sp³-hybridized carbons (Fsp3) is 0.250. The van der Waals surface area contributed by atoms with E-state index in [1.54, 1.807) is 0 Å². The van der Waals surface area contributed by atoms with Crippen molar-refractivity contribution in [3.8, 4) is 0 Å². The van der Waals surface area contributed by atoms with E-state index in [0.29, 0.717) is 0 Å². The summed E-state index contributed by atoms with van der Waals surface area (Å²) < 4.78 is 7.64. The third-order valence-corrected chi connectivity index (χ3v) is 3.28. The monoisotopic (exact) mass is 281 g/mol. The van der Waals surface area contributed by atoms with Crippen LogP contribution in [-0.2, 0) is 9.53 Å². The lowest BCUT2D eigenvalue weighted by Gasteiger charge is -2.12. The summed E-state index contributed by atoms with van der Waals surface area (Å²) in [4.78, 5) is 11.5. The smallest absolute Gasteiger partial charge is 0.328 e. The van der Waals surface area contributed by atoms with Crippen molar-refractivity contribution in [2.45, 2.75) is 13.0 Å². The van der Waals surface area contributed by atoms with Crippen molar-refractivity contribution in [3.05, 3.63) is 34.9 Å². The van der Waals surface area contributed by atoms with E-state index in [0.717, 1.165) is 15.4 Å². The summed E-state index contributed by atoms with van der Waals surface area (Å²) in [6.45, 7) is 1.82. The first-order chi connectivity index (χ1) is 7.65. The molecule has 0 bridgehead atoms. The summed E-state index contributed by atoms with van der Waals surface area (Å²) in [7, 11) is 1.40. The minimum absolute atomic E-state index is 0.242. The molecule has 1 aromatic carbocycles. The molecule has 1 aromatic heterocycles. The van der Waals surface area contributed by atoms with E-state index in [4.69, 9.17) is 4.74 Å². The highest BCUT2D eigenvalue weighted by molar-refractivity contribution is 9.10. The quantitative estimate of drug-likeness (QED) is 0.792. The number of rotatable bonds is 2. The molecule has 0 spiro atoms. The summed E-state index contributed by atoms with van der Waals surface area (Å²) in [5.74, 6) is -0.242. The molecule has 3 nitrogen and oxygen atoms in total. The molecule has 0 radical (unpaired) electrons. The molecule has 2 aromatic rings. The highest BCUT2D eigenvalue weighted by atomic mass is 79.9. The Labute approximate surface area is 102 Å². The Balaban J connectivity index is 2.57. The van der Waals surface area contributed by atoms with Gasteiger partial charge in [-0.1, -0.05) is 18.2 Å². The highest BCUT2D eigenvalue weighted by Gasteiger charge is 2.18. The molecule has 1 heterocycles. The van der Waals surface area contributed by atoms with Crippen molar-refractivity contribution in [1.82, 2.24) is 4.57 Å². The van der Waals surface area contributed by atoms with Crippen molar-refractivity contribution in [2.75, 3.05) is 7.11 Å². The molecule has 0 saturated carbocycles. The van der Waals surface area contributed by atoms with Crippen molar-refractivity contribution in [1.29, 1.82) is 0 Å². The van der Waals surface area contributed by atoms with E-state index < -0.39 is 0 Å². The maximum atomic E-state index is 11.5. The molecule has 0 amide bonds. The summed E-state index contributed by atoms with van der Waals surface area (Å²) in [5.41, 5.74) is 1.02. The fourth-order valence-electron chi connectivity index (χ4n) is 1.77. The van der Waals surface area contributed by atoms with Crippen LogP contribution in [0.4, 0.5) is 0 Å². The summed E-state index contributed by atoms with van der Waals surface area (Å²) >= 11 is 3.48. The molecule has 0 fully saturated rings. The molecular formula is C12H12BrNO2. The van der Waals surface area contributed by atoms with Gasteiger partial charge in [0.1, 0.15) is 6.04 Å². The Morgan fingerprint density at radius 3 is 2.81 bits per heavy atom. The number of aromatic nitrogens is 1. The van der Waals surface area contributed by atoms with Crippen LogP contribution in [0.2, 0.25) is 0 Å². The average molecular weight is 282 g/mol. The van der Waals surface area contributed by atoms with Gasteiger partial charge >= 0.3 is 5.97 Å². The number of benzene rings is 1. The van der Waals surface area contributed by atoms with E-state index in [9.17, 15) is 4.79 Å². The Morgan fingerprint density at radius 2 is 2.12 bits per heavy atom. The first-order valence-corrected chi connectivity index (χ1v) is 5.77. The van der Waals surface area contributed by atoms with Gasteiger partial charge in [0.15, 0.2) is 0 Å². The van der Waals surface area contributed by atoms with E-state index >= 15 is 0 Å². The Bertz CT molecular complexity index is 533. The number of fused-ring (bicyclic) bond motifs is 1. The number of methoxy groups -OCH3 is 1. The lowest BCUT2D eigenvalue weighted by molar-refractivity contribution is -0.143. The van der Waals surface area contributed by atoms with Crippen LogP contribution in [0.1, 0.15) is 13.0 Å². The number of carbonyl (C=O) groups is 1. The molecule has 4 heteroatoms. The number of hydrogen-bond acceptors (Lipinski definition) is 2. The maximum Gasteiger partial charge on any atom is 0.328 e. The van der Waals surface area contributed by atoms with Crippen LogP contribution in [-0.4, -0.2) is 17.6 Å². The lowest BCUT2D eigenvalue weighted by atomic mass is 10.2. The van der Waals surface area contributed by atoms with Gasteiger partial charge in [0.25, 0.3) is 0 Å². The van der Waals surface area contributed by atoms with Gasteiger partial charge < -0.3 is 9.30 Å². The zero-order valence-corrected chi connectivity index (χ0v) is 10.7. The first-order valence-electron chi connectivity index (χ1n) is 4.98. The standard InChI is InChI=1S/C12H12BrNO2/c1-8(12(15)16-2)14-7-10(13)9-5-3-4-6-11(9)14/h3-8H,1-2H3. The number of carbonyl (C=O) groups excluding carboxylic acids is 1. The minimum atomic E-state index is -0.318. The van der Waals surface area contributed by atoms with Gasteiger partial charge in [-0.3, -0.25) is 0 Å². The second kappa shape index (κ2) is 4.29. The van der Waals surface area contributed by atoms with E-state index in [1.807, 2.05) is 42.0 Å². The molecule has 0 aliphatic rings. The van der Waals surface area contributed by atoms with Gasteiger partial charge in [0, 0.05) is 21.6 Å². The predicted molar refractivity (Wildman–Crippen MR) is 66.4 cm³/mol. The molecule has 16 heavy (non-hydrogen) atoms. The van der Waals surface area contributed by atoms with Crippen molar-refractivity contribution in [3.63, 3.8) is 0 Å². The van der Waals surface area contributed by atoms with Gasteiger partial charge in [0.05, 0.1) is 7.11 Å². The number of hydrogen-bond donors (Lipinski definition) is 0. The molecule has 1 atom stereocenters. The minimum Gasteiger partial charge on any atom is -0.467 e. The van der Waals surface area contributed by atoms with E-state index in [1.165, 1.54) is 7.11 Å². The second-order valence-electron chi connectivity index (χ2n) is 3.60. The van der Waals surface area contributed by atoms with Crippen LogP contribution >= 0.6 is 15.9 Å². The molecule has 1 unspecified atom stereocenters. The van der Waals surface area contributed by atoms with Gasteiger partial charge in [-0.05, 0) is 28.9 Å². The number of esters is 1.